The predicted octanol–water partition coefficient (Wildman–Crippen LogP) is 4.96. The Hall–Kier alpha value is -4.14. The second-order valence-corrected chi connectivity index (χ2v) is 8.21. The summed E-state index contributed by atoms with van der Waals surface area (Å²) in [5.74, 6) is -0.411. The van der Waals surface area contributed by atoms with Crippen LogP contribution in [-0.4, -0.2) is 32.0 Å². The number of rotatable bonds is 1. The molecule has 4 heterocycles. The molecule has 1 aliphatic rings. The van der Waals surface area contributed by atoms with Crippen LogP contribution in [0.2, 0.25) is 0 Å². The first-order chi connectivity index (χ1) is 16.5. The number of nitrogens with zero attached hydrogens (tertiary/aromatic N) is 4. The molecule has 5 rings (SSSR count). The highest BCUT2D eigenvalue weighted by Gasteiger charge is 2.21. The Bertz CT molecular complexity index is 1350. The lowest BCUT2D eigenvalue weighted by atomic mass is 10.0. The van der Waals surface area contributed by atoms with Crippen molar-refractivity contribution in [3.05, 3.63) is 78.4 Å². The zero-order chi connectivity index (χ0) is 23.7. The summed E-state index contributed by atoms with van der Waals surface area (Å²) in [4.78, 5) is 25.8. The maximum atomic E-state index is 15.0. The molecule has 1 aliphatic heterocycles. The molecule has 0 aliphatic carbocycles. The van der Waals surface area contributed by atoms with Crippen LogP contribution in [0, 0.1) is 17.7 Å². The van der Waals surface area contributed by atoms with Crippen molar-refractivity contribution in [2.75, 3.05) is 11.9 Å². The number of anilines is 1. The monoisotopic (exact) mass is 461 g/mol. The van der Waals surface area contributed by atoms with E-state index in [1.165, 1.54) is 24.4 Å². The summed E-state index contributed by atoms with van der Waals surface area (Å²) in [6.07, 6.45) is 5.50. The van der Waals surface area contributed by atoms with E-state index >= 15 is 0 Å². The van der Waals surface area contributed by atoms with Gasteiger partial charge in [0.05, 0.1) is 12.2 Å². The molecular formula is C25H21F2N5O2. The van der Waals surface area contributed by atoms with Gasteiger partial charge in [-0.15, -0.1) is 0 Å². The quantitative estimate of drug-likeness (QED) is 0.406. The van der Waals surface area contributed by atoms with Gasteiger partial charge in [-0.25, -0.2) is 19.3 Å². The first kappa shape index (κ1) is 21.7. The van der Waals surface area contributed by atoms with Gasteiger partial charge in [-0.1, -0.05) is 13.0 Å². The van der Waals surface area contributed by atoms with Crippen LogP contribution >= 0.6 is 0 Å². The number of imidazole rings is 1. The van der Waals surface area contributed by atoms with Crippen molar-refractivity contribution in [3.63, 3.8) is 0 Å². The summed E-state index contributed by atoms with van der Waals surface area (Å²) in [7, 11) is 0. The van der Waals surface area contributed by atoms with E-state index in [1.807, 2.05) is 16.8 Å². The molecule has 1 amide bonds. The zero-order valence-corrected chi connectivity index (χ0v) is 18.3. The lowest BCUT2D eigenvalue weighted by Crippen LogP contribution is -2.18. The number of nitrogens with one attached hydrogen (secondary N) is 1. The Kier molecular flexibility index (Phi) is 5.75. The summed E-state index contributed by atoms with van der Waals surface area (Å²) in [6, 6.07) is 10.4. The first-order valence-corrected chi connectivity index (χ1v) is 10.9. The number of halogens is 2. The first-order valence-electron chi connectivity index (χ1n) is 10.9. The molecule has 4 aromatic rings. The van der Waals surface area contributed by atoms with E-state index in [2.05, 4.69) is 27.2 Å². The number of hydrogen-bond donors (Lipinski definition) is 1. The number of ether oxygens (including phenoxy) is 1. The predicted molar refractivity (Wildman–Crippen MR) is 122 cm³/mol. The van der Waals surface area contributed by atoms with E-state index < -0.39 is 17.7 Å². The van der Waals surface area contributed by atoms with Crippen molar-refractivity contribution in [1.82, 2.24) is 19.5 Å². The number of pyridine rings is 2. The Morgan fingerprint density at radius 1 is 1.12 bits per heavy atom. The molecule has 0 saturated heterocycles. The second-order valence-electron chi connectivity index (χ2n) is 8.21. The number of carbonyl (C=O) groups excluding carboxylic acids is 1. The fraction of sp³-hybridized carbons (Fsp3) is 0.200. The summed E-state index contributed by atoms with van der Waals surface area (Å²) in [5.41, 5.74) is 1.22. The molecule has 1 aromatic carbocycles. The minimum atomic E-state index is -0.677. The van der Waals surface area contributed by atoms with Crippen molar-refractivity contribution in [2.24, 2.45) is 5.92 Å². The summed E-state index contributed by atoms with van der Waals surface area (Å²) < 4.78 is 36.1. The Balaban J connectivity index is 1.58. The Morgan fingerprint density at radius 3 is 2.82 bits per heavy atom. The fourth-order valence-electron chi connectivity index (χ4n) is 3.91. The van der Waals surface area contributed by atoms with Gasteiger partial charge in [0, 0.05) is 42.3 Å². The number of carbonyl (C=O) groups is 1. The van der Waals surface area contributed by atoms with E-state index in [1.54, 1.807) is 18.3 Å². The van der Waals surface area contributed by atoms with Crippen LogP contribution in [0.25, 0.3) is 22.6 Å². The molecular weight excluding hydrogens is 440 g/mol. The van der Waals surface area contributed by atoms with Gasteiger partial charge in [-0.3, -0.25) is 4.79 Å². The van der Waals surface area contributed by atoms with Gasteiger partial charge in [0.15, 0.2) is 5.82 Å². The molecule has 3 aromatic heterocycles. The van der Waals surface area contributed by atoms with Crippen LogP contribution in [0.1, 0.15) is 23.7 Å². The third-order valence-corrected chi connectivity index (χ3v) is 5.66. The van der Waals surface area contributed by atoms with Crippen LogP contribution in [0.3, 0.4) is 0 Å². The van der Waals surface area contributed by atoms with Gasteiger partial charge in [-0.2, -0.15) is 4.39 Å². The highest BCUT2D eigenvalue weighted by Crippen LogP contribution is 2.31. The molecule has 9 heteroatoms. The molecule has 34 heavy (non-hydrogen) atoms. The van der Waals surface area contributed by atoms with Gasteiger partial charge in [0.1, 0.15) is 23.1 Å². The van der Waals surface area contributed by atoms with Gasteiger partial charge in [0.25, 0.3) is 5.91 Å². The van der Waals surface area contributed by atoms with E-state index in [0.717, 1.165) is 6.07 Å². The van der Waals surface area contributed by atoms with Crippen molar-refractivity contribution in [2.45, 2.75) is 19.9 Å². The standard InChI is InChI=1S/C25H21F2N5O2/c1-15-7-10-34-21-12-19(26)17(16-5-6-22(27)29-13-16)11-18(21)25(33)31-23-4-2-3-20(30-23)24-28-8-9-32(24)14-15/h2-6,8-9,11-13,15H,7,10,14H2,1H3,(H,30,31,33)/t15-/m0/s1. The third-order valence-electron chi connectivity index (χ3n) is 5.66. The van der Waals surface area contributed by atoms with Gasteiger partial charge < -0.3 is 14.6 Å². The maximum Gasteiger partial charge on any atom is 0.260 e. The van der Waals surface area contributed by atoms with Crippen LogP contribution in [0.15, 0.2) is 61.1 Å². The lowest BCUT2D eigenvalue weighted by molar-refractivity contribution is 0.102. The lowest BCUT2D eigenvalue weighted by Gasteiger charge is -2.18. The largest absolute Gasteiger partial charge is 0.493 e. The summed E-state index contributed by atoms with van der Waals surface area (Å²) >= 11 is 0. The number of fused-ring (bicyclic) bond motifs is 5. The molecule has 1 N–H and O–H groups in total. The highest BCUT2D eigenvalue weighted by molar-refractivity contribution is 6.06. The topological polar surface area (TPSA) is 81.9 Å². The molecule has 0 saturated carbocycles. The maximum absolute atomic E-state index is 15.0. The second kappa shape index (κ2) is 9.01. The van der Waals surface area contributed by atoms with Crippen molar-refractivity contribution >= 4 is 11.7 Å². The number of amides is 1. The molecule has 2 bridgehead atoms. The molecule has 7 nitrogen and oxygen atoms in total. The Morgan fingerprint density at radius 2 is 2.00 bits per heavy atom. The van der Waals surface area contributed by atoms with Crippen molar-refractivity contribution in [1.29, 1.82) is 0 Å². The Labute approximate surface area is 194 Å². The van der Waals surface area contributed by atoms with E-state index in [4.69, 9.17) is 4.74 Å². The number of benzene rings is 1. The average molecular weight is 461 g/mol. The fourth-order valence-corrected chi connectivity index (χ4v) is 3.91. The van der Waals surface area contributed by atoms with Crippen LogP contribution in [0.4, 0.5) is 14.6 Å². The zero-order valence-electron chi connectivity index (χ0n) is 18.3. The minimum Gasteiger partial charge on any atom is -0.493 e. The summed E-state index contributed by atoms with van der Waals surface area (Å²) in [6.45, 7) is 3.09. The van der Waals surface area contributed by atoms with E-state index in [-0.39, 0.29) is 22.8 Å². The molecule has 0 unspecified atom stereocenters. The van der Waals surface area contributed by atoms with Gasteiger partial charge in [-0.05, 0) is 42.7 Å². The van der Waals surface area contributed by atoms with Crippen LogP contribution in [-0.2, 0) is 6.54 Å². The van der Waals surface area contributed by atoms with Crippen LogP contribution < -0.4 is 10.1 Å². The molecule has 0 spiro atoms. The van der Waals surface area contributed by atoms with Gasteiger partial charge in [0.2, 0.25) is 5.95 Å². The molecule has 172 valence electrons. The average Bonchev–Trinajstić information content (AvgIpc) is 3.27. The summed E-state index contributed by atoms with van der Waals surface area (Å²) in [5, 5.41) is 2.77. The van der Waals surface area contributed by atoms with Crippen LogP contribution in [0.5, 0.6) is 5.75 Å². The normalized spacial score (nSPS) is 16.0. The number of aromatic nitrogens is 4. The number of hydrogen-bond acceptors (Lipinski definition) is 5. The smallest absolute Gasteiger partial charge is 0.260 e. The van der Waals surface area contributed by atoms with Gasteiger partial charge >= 0.3 is 0 Å². The van der Waals surface area contributed by atoms with Crippen molar-refractivity contribution < 1.29 is 18.3 Å². The highest BCUT2D eigenvalue weighted by atomic mass is 19.1. The van der Waals surface area contributed by atoms with E-state index in [9.17, 15) is 13.6 Å². The van der Waals surface area contributed by atoms with Crippen molar-refractivity contribution in [3.8, 4) is 28.4 Å². The SMILES string of the molecule is C[C@H]1CCOc2cc(F)c(-c3ccc(F)nc3)cc2C(=O)Nc2cccc(n2)-c2nccn2C1. The minimum absolute atomic E-state index is 0.114. The van der Waals surface area contributed by atoms with E-state index in [0.29, 0.717) is 42.5 Å². The molecule has 0 radical (unpaired) electrons. The molecule has 1 atom stereocenters. The third kappa shape index (κ3) is 4.36. The molecule has 0 fully saturated rings.